The van der Waals surface area contributed by atoms with Crippen LogP contribution in [0.2, 0.25) is 0 Å². The van der Waals surface area contributed by atoms with Crippen LogP contribution >= 0.6 is 11.8 Å². The van der Waals surface area contributed by atoms with Crippen molar-refractivity contribution in [3.8, 4) is 0 Å². The van der Waals surface area contributed by atoms with E-state index >= 15 is 0 Å². The van der Waals surface area contributed by atoms with Crippen LogP contribution in [0, 0.1) is 11.3 Å². The summed E-state index contributed by atoms with van der Waals surface area (Å²) < 4.78 is 0. The minimum atomic E-state index is 0.435. The first kappa shape index (κ1) is 17.8. The number of amidine groups is 1. The molecular weight excluding hydrogens is 266 g/mol. The Morgan fingerprint density at radius 2 is 1.95 bits per heavy atom. The number of thioether (sulfide) groups is 1. The van der Waals surface area contributed by atoms with Crippen molar-refractivity contribution in [3.63, 3.8) is 0 Å². The maximum Gasteiger partial charge on any atom is 0.156 e. The molecule has 0 bridgehead atoms. The molecule has 1 rings (SSSR count). The molecule has 1 aliphatic rings. The fourth-order valence-electron chi connectivity index (χ4n) is 2.68. The lowest BCUT2D eigenvalue weighted by Crippen LogP contribution is -2.44. The smallest absolute Gasteiger partial charge is 0.156 e. The van der Waals surface area contributed by atoms with Gasteiger partial charge in [-0.1, -0.05) is 39.5 Å². The lowest BCUT2D eigenvalue weighted by atomic mass is 9.84. The van der Waals surface area contributed by atoms with Gasteiger partial charge in [0.25, 0.3) is 0 Å². The summed E-state index contributed by atoms with van der Waals surface area (Å²) in [6, 6.07) is 0.506. The predicted octanol–water partition coefficient (Wildman–Crippen LogP) is 3.46. The minimum absolute atomic E-state index is 0.435. The van der Waals surface area contributed by atoms with Crippen LogP contribution < -0.4 is 5.32 Å². The Balaban J connectivity index is 2.59. The van der Waals surface area contributed by atoms with Crippen LogP contribution in [0.1, 0.15) is 47.0 Å². The molecule has 0 spiro atoms. The van der Waals surface area contributed by atoms with Crippen LogP contribution in [0.5, 0.6) is 0 Å². The summed E-state index contributed by atoms with van der Waals surface area (Å²) in [5.74, 6) is 1.93. The quantitative estimate of drug-likeness (QED) is 0.780. The summed E-state index contributed by atoms with van der Waals surface area (Å²) in [4.78, 5) is 7.09. The van der Waals surface area contributed by atoms with E-state index in [1.807, 2.05) is 11.8 Å². The van der Waals surface area contributed by atoms with Gasteiger partial charge in [-0.05, 0) is 44.7 Å². The van der Waals surface area contributed by atoms with E-state index in [0.717, 1.165) is 18.3 Å². The van der Waals surface area contributed by atoms with Gasteiger partial charge in [0.05, 0.1) is 0 Å². The normalized spacial score (nSPS) is 20.1. The monoisotopic (exact) mass is 299 g/mol. The van der Waals surface area contributed by atoms with E-state index in [1.165, 1.54) is 25.0 Å². The Hall–Kier alpha value is -0.220. The van der Waals surface area contributed by atoms with Gasteiger partial charge < -0.3 is 10.2 Å². The molecule has 20 heavy (non-hydrogen) atoms. The zero-order chi connectivity index (χ0) is 15.2. The molecule has 3 nitrogen and oxygen atoms in total. The van der Waals surface area contributed by atoms with Crippen LogP contribution in [0.15, 0.2) is 4.99 Å². The van der Waals surface area contributed by atoms with Crippen molar-refractivity contribution in [2.24, 2.45) is 16.3 Å². The number of likely N-dealkylation sites (N-methyl/N-ethyl adjacent to an activating group) is 1. The largest absolute Gasteiger partial charge is 0.361 e. The van der Waals surface area contributed by atoms with E-state index in [4.69, 9.17) is 4.99 Å². The van der Waals surface area contributed by atoms with Crippen LogP contribution in [-0.4, -0.2) is 49.0 Å². The topological polar surface area (TPSA) is 27.6 Å². The summed E-state index contributed by atoms with van der Waals surface area (Å²) in [6.45, 7) is 11.2. The highest BCUT2D eigenvalue weighted by atomic mass is 32.2. The van der Waals surface area contributed by atoms with E-state index in [0.29, 0.717) is 17.4 Å². The summed E-state index contributed by atoms with van der Waals surface area (Å²) in [5, 5.41) is 4.84. The zero-order valence-electron chi connectivity index (χ0n) is 14.2. The molecule has 0 aromatic carbocycles. The van der Waals surface area contributed by atoms with E-state index < -0.39 is 0 Å². The van der Waals surface area contributed by atoms with Crippen LogP contribution in [0.25, 0.3) is 0 Å². The van der Waals surface area contributed by atoms with Crippen LogP contribution in [-0.2, 0) is 0 Å². The number of aliphatic imine (C=N–C) groups is 1. The standard InChI is InChI=1S/C16H33N3S/c1-7-16(8-2)11-17-15(20-12-16)18-14(9-13(3)4)10-19(5)6/h13-14H,7-12H2,1-6H3,(H,17,18). The van der Waals surface area contributed by atoms with Gasteiger partial charge >= 0.3 is 0 Å². The number of hydrogen-bond acceptors (Lipinski definition) is 4. The van der Waals surface area contributed by atoms with Crippen molar-refractivity contribution in [1.29, 1.82) is 0 Å². The zero-order valence-corrected chi connectivity index (χ0v) is 15.0. The fourth-order valence-corrected chi connectivity index (χ4v) is 4.03. The number of rotatable bonds is 7. The molecule has 1 N–H and O–H groups in total. The van der Waals surface area contributed by atoms with Crippen molar-refractivity contribution >= 4 is 16.9 Å². The second-order valence-corrected chi connectivity index (χ2v) is 7.81. The molecule has 118 valence electrons. The van der Waals surface area contributed by atoms with Crippen molar-refractivity contribution in [3.05, 3.63) is 0 Å². The Kier molecular flexibility index (Phi) is 7.38. The van der Waals surface area contributed by atoms with Crippen molar-refractivity contribution in [1.82, 2.24) is 10.2 Å². The van der Waals surface area contributed by atoms with Crippen LogP contribution in [0.3, 0.4) is 0 Å². The Morgan fingerprint density at radius 1 is 1.30 bits per heavy atom. The molecule has 0 aromatic rings. The van der Waals surface area contributed by atoms with E-state index in [-0.39, 0.29) is 0 Å². The van der Waals surface area contributed by atoms with Gasteiger partial charge in [-0.15, -0.1) is 0 Å². The number of hydrogen-bond donors (Lipinski definition) is 1. The summed E-state index contributed by atoms with van der Waals surface area (Å²) in [6.07, 6.45) is 3.67. The maximum absolute atomic E-state index is 4.83. The Labute approximate surface area is 130 Å². The molecule has 1 heterocycles. The van der Waals surface area contributed by atoms with Gasteiger partial charge in [0.1, 0.15) is 0 Å². The van der Waals surface area contributed by atoms with Gasteiger partial charge in [-0.25, -0.2) is 0 Å². The first-order valence-corrected chi connectivity index (χ1v) is 8.98. The summed E-state index contributed by atoms with van der Waals surface area (Å²) in [5.41, 5.74) is 0.435. The third-order valence-electron chi connectivity index (χ3n) is 4.24. The fraction of sp³-hybridized carbons (Fsp3) is 0.938. The first-order valence-electron chi connectivity index (χ1n) is 7.99. The predicted molar refractivity (Wildman–Crippen MR) is 92.7 cm³/mol. The average molecular weight is 300 g/mol. The van der Waals surface area contributed by atoms with E-state index in [2.05, 4.69) is 52.0 Å². The molecule has 0 fully saturated rings. The second kappa shape index (κ2) is 8.28. The highest BCUT2D eigenvalue weighted by Crippen LogP contribution is 2.34. The third kappa shape index (κ3) is 5.65. The SMILES string of the molecule is CCC1(CC)CN=C(NC(CC(C)C)CN(C)C)SC1. The highest BCUT2D eigenvalue weighted by Gasteiger charge is 2.30. The molecule has 1 unspecified atom stereocenters. The Morgan fingerprint density at radius 3 is 2.35 bits per heavy atom. The third-order valence-corrected chi connectivity index (χ3v) is 5.52. The van der Waals surface area contributed by atoms with Gasteiger partial charge in [-0.2, -0.15) is 0 Å². The molecule has 1 aliphatic heterocycles. The molecule has 1 atom stereocenters. The first-order chi connectivity index (χ1) is 9.40. The lowest BCUT2D eigenvalue weighted by Gasteiger charge is -2.35. The molecule has 0 aliphatic carbocycles. The van der Waals surface area contributed by atoms with Crippen molar-refractivity contribution in [2.45, 2.75) is 53.0 Å². The lowest BCUT2D eigenvalue weighted by molar-refractivity contribution is 0.313. The molecule has 0 amide bonds. The van der Waals surface area contributed by atoms with Crippen molar-refractivity contribution in [2.75, 3.05) is 32.9 Å². The van der Waals surface area contributed by atoms with Crippen LogP contribution in [0.4, 0.5) is 0 Å². The molecule has 4 heteroatoms. The summed E-state index contributed by atoms with van der Waals surface area (Å²) >= 11 is 1.92. The molecule has 0 saturated heterocycles. The van der Waals surface area contributed by atoms with Gasteiger partial charge in [0.2, 0.25) is 0 Å². The van der Waals surface area contributed by atoms with E-state index in [1.54, 1.807) is 0 Å². The second-order valence-electron chi connectivity index (χ2n) is 6.85. The molecule has 0 aromatic heterocycles. The molecule has 0 saturated carbocycles. The molecular formula is C16H33N3S. The molecule has 0 radical (unpaired) electrons. The van der Waals surface area contributed by atoms with Gasteiger partial charge in [0, 0.05) is 24.9 Å². The van der Waals surface area contributed by atoms with E-state index in [9.17, 15) is 0 Å². The average Bonchev–Trinajstić information content (AvgIpc) is 2.38. The highest BCUT2D eigenvalue weighted by molar-refractivity contribution is 8.13. The number of nitrogens with one attached hydrogen (secondary N) is 1. The number of nitrogens with zero attached hydrogens (tertiary/aromatic N) is 2. The minimum Gasteiger partial charge on any atom is -0.361 e. The van der Waals surface area contributed by atoms with Gasteiger partial charge in [-0.3, -0.25) is 4.99 Å². The van der Waals surface area contributed by atoms with Gasteiger partial charge in [0.15, 0.2) is 5.17 Å². The van der Waals surface area contributed by atoms with Crippen molar-refractivity contribution < 1.29 is 0 Å². The summed E-state index contributed by atoms with van der Waals surface area (Å²) in [7, 11) is 4.29. The maximum atomic E-state index is 4.83. The Bertz CT molecular complexity index is 299.